The first-order valence-corrected chi connectivity index (χ1v) is 6.12. The lowest BCUT2D eigenvalue weighted by Crippen LogP contribution is -2.29. The molecule has 2 aromatic rings. The van der Waals surface area contributed by atoms with Crippen molar-refractivity contribution < 1.29 is 4.79 Å². The van der Waals surface area contributed by atoms with Crippen molar-refractivity contribution >= 4 is 5.91 Å². The molecule has 0 aliphatic carbocycles. The largest absolute Gasteiger partial charge is 0.294 e. The van der Waals surface area contributed by atoms with Crippen molar-refractivity contribution in [3.8, 4) is 11.4 Å². The number of carbonyl (C=O) groups is 1. The summed E-state index contributed by atoms with van der Waals surface area (Å²) in [6.07, 6.45) is 1.96. The number of rotatable bonds is 6. The highest BCUT2D eigenvalue weighted by Gasteiger charge is 2.05. The molecule has 7 nitrogen and oxygen atoms in total. The number of hydrogen-bond acceptors (Lipinski definition) is 5. The molecule has 100 valence electrons. The van der Waals surface area contributed by atoms with Crippen molar-refractivity contribution in [2.24, 2.45) is 5.84 Å². The summed E-state index contributed by atoms with van der Waals surface area (Å²) < 4.78 is 0. The third-order valence-corrected chi connectivity index (χ3v) is 2.66. The highest BCUT2D eigenvalue weighted by Crippen LogP contribution is 2.11. The minimum Gasteiger partial charge on any atom is -0.294 e. The van der Waals surface area contributed by atoms with Crippen LogP contribution in [-0.2, 0) is 11.3 Å². The van der Waals surface area contributed by atoms with E-state index in [0.29, 0.717) is 18.8 Å². The molecular weight excluding hydrogens is 244 g/mol. The minimum atomic E-state index is -0.156. The molecule has 0 bridgehead atoms. The Bertz CT molecular complexity index is 524. The average Bonchev–Trinajstić information content (AvgIpc) is 2.93. The molecule has 0 saturated heterocycles. The van der Waals surface area contributed by atoms with Gasteiger partial charge in [-0.1, -0.05) is 30.3 Å². The smallest absolute Gasteiger partial charge is 0.233 e. The normalized spacial score (nSPS) is 10.4. The van der Waals surface area contributed by atoms with Gasteiger partial charge < -0.3 is 0 Å². The zero-order chi connectivity index (χ0) is 13.5. The highest BCUT2D eigenvalue weighted by atomic mass is 16.2. The van der Waals surface area contributed by atoms with Gasteiger partial charge in [-0.15, -0.1) is 10.2 Å². The van der Waals surface area contributed by atoms with Crippen LogP contribution in [0.3, 0.4) is 0 Å². The molecule has 0 radical (unpaired) electrons. The van der Waals surface area contributed by atoms with Gasteiger partial charge >= 0.3 is 0 Å². The van der Waals surface area contributed by atoms with Crippen LogP contribution in [0.5, 0.6) is 0 Å². The number of aryl methyl sites for hydroxylation is 1. The number of carbonyl (C=O) groups excluding carboxylic acids is 1. The maximum Gasteiger partial charge on any atom is 0.233 e. The molecule has 0 aliphatic heterocycles. The van der Waals surface area contributed by atoms with E-state index in [4.69, 9.17) is 5.84 Å². The first-order valence-electron chi connectivity index (χ1n) is 6.12. The van der Waals surface area contributed by atoms with Crippen molar-refractivity contribution in [1.82, 2.24) is 25.6 Å². The van der Waals surface area contributed by atoms with E-state index >= 15 is 0 Å². The Morgan fingerprint density at radius 3 is 2.79 bits per heavy atom. The Morgan fingerprint density at radius 1 is 1.26 bits per heavy atom. The van der Waals surface area contributed by atoms with Gasteiger partial charge in [0.2, 0.25) is 11.7 Å². The Labute approximate surface area is 110 Å². The second kappa shape index (κ2) is 6.60. The molecule has 0 atom stereocenters. The van der Waals surface area contributed by atoms with E-state index in [0.717, 1.165) is 18.4 Å². The number of nitrogens with two attached hydrogens (primary N) is 1. The van der Waals surface area contributed by atoms with E-state index in [-0.39, 0.29) is 5.91 Å². The van der Waals surface area contributed by atoms with Gasteiger partial charge in [0, 0.05) is 12.0 Å². The number of benzene rings is 1. The van der Waals surface area contributed by atoms with Crippen LogP contribution >= 0.6 is 0 Å². The first kappa shape index (κ1) is 13.2. The van der Waals surface area contributed by atoms with Crippen LogP contribution in [0.2, 0.25) is 0 Å². The molecule has 7 heteroatoms. The molecule has 0 spiro atoms. The molecule has 0 fully saturated rings. The number of nitrogens with one attached hydrogen (secondary N) is 1. The zero-order valence-electron chi connectivity index (χ0n) is 10.5. The summed E-state index contributed by atoms with van der Waals surface area (Å²) in [6.45, 7) is 0.637. The number of tetrazole rings is 1. The molecule has 1 amide bonds. The molecule has 1 heterocycles. The maximum atomic E-state index is 10.9. The lowest BCUT2D eigenvalue weighted by Gasteiger charge is -1.99. The fraction of sp³-hybridized carbons (Fsp3) is 0.333. The van der Waals surface area contributed by atoms with Crippen molar-refractivity contribution in [3.05, 3.63) is 30.3 Å². The Hall–Kier alpha value is -2.28. The van der Waals surface area contributed by atoms with Gasteiger partial charge in [-0.3, -0.25) is 10.2 Å². The molecule has 0 unspecified atom stereocenters. The summed E-state index contributed by atoms with van der Waals surface area (Å²) >= 11 is 0. The summed E-state index contributed by atoms with van der Waals surface area (Å²) in [6, 6.07) is 9.68. The monoisotopic (exact) mass is 260 g/mol. The topological polar surface area (TPSA) is 98.7 Å². The number of unbranched alkanes of at least 4 members (excludes halogenated alkanes) is 1. The molecule has 3 N–H and O–H groups in total. The first-order chi connectivity index (χ1) is 9.29. The summed E-state index contributed by atoms with van der Waals surface area (Å²) in [5, 5.41) is 12.3. The third-order valence-electron chi connectivity index (χ3n) is 2.66. The van der Waals surface area contributed by atoms with Gasteiger partial charge in [0.05, 0.1) is 6.54 Å². The molecule has 2 rings (SSSR count). The zero-order valence-corrected chi connectivity index (χ0v) is 10.5. The van der Waals surface area contributed by atoms with E-state index in [1.54, 1.807) is 4.80 Å². The van der Waals surface area contributed by atoms with Gasteiger partial charge in [-0.2, -0.15) is 4.80 Å². The second-order valence-corrected chi connectivity index (χ2v) is 4.10. The van der Waals surface area contributed by atoms with Crippen LogP contribution in [0, 0.1) is 0 Å². The standard InChI is InChI=1S/C12H16N6O/c13-14-11(19)8-4-5-9-18-16-12(15-17-18)10-6-2-1-3-7-10/h1-3,6-7H,4-5,8-9,13H2,(H,14,19). The number of hydrogen-bond donors (Lipinski definition) is 2. The van der Waals surface area contributed by atoms with Gasteiger partial charge in [-0.05, 0) is 18.1 Å². The van der Waals surface area contributed by atoms with Crippen LogP contribution in [0.15, 0.2) is 30.3 Å². The third kappa shape index (κ3) is 3.85. The lowest BCUT2D eigenvalue weighted by atomic mass is 10.2. The lowest BCUT2D eigenvalue weighted by molar-refractivity contribution is -0.121. The fourth-order valence-electron chi connectivity index (χ4n) is 1.65. The summed E-state index contributed by atoms with van der Waals surface area (Å²) in [7, 11) is 0. The van der Waals surface area contributed by atoms with E-state index in [1.165, 1.54) is 0 Å². The van der Waals surface area contributed by atoms with Crippen molar-refractivity contribution in [3.63, 3.8) is 0 Å². The van der Waals surface area contributed by atoms with Gasteiger partial charge in [-0.25, -0.2) is 5.84 Å². The summed E-state index contributed by atoms with van der Waals surface area (Å²) in [4.78, 5) is 12.5. The summed E-state index contributed by atoms with van der Waals surface area (Å²) in [5.74, 6) is 5.45. The van der Waals surface area contributed by atoms with Crippen LogP contribution < -0.4 is 11.3 Å². The molecule has 1 aromatic carbocycles. The Balaban J connectivity index is 1.83. The number of nitrogens with zero attached hydrogens (tertiary/aromatic N) is 4. The van der Waals surface area contributed by atoms with Crippen molar-refractivity contribution in [2.75, 3.05) is 0 Å². The van der Waals surface area contributed by atoms with E-state index in [9.17, 15) is 4.79 Å². The van der Waals surface area contributed by atoms with E-state index in [2.05, 4.69) is 20.8 Å². The second-order valence-electron chi connectivity index (χ2n) is 4.10. The molecule has 1 aromatic heterocycles. The number of aromatic nitrogens is 4. The predicted octanol–water partition coefficient (Wildman–Crippen LogP) is 0.500. The molecule has 0 saturated carbocycles. The molecule has 19 heavy (non-hydrogen) atoms. The van der Waals surface area contributed by atoms with Gasteiger partial charge in [0.15, 0.2) is 0 Å². The van der Waals surface area contributed by atoms with E-state index in [1.807, 2.05) is 30.3 Å². The van der Waals surface area contributed by atoms with Gasteiger partial charge in [0.25, 0.3) is 0 Å². The Morgan fingerprint density at radius 2 is 2.05 bits per heavy atom. The fourth-order valence-corrected chi connectivity index (χ4v) is 1.65. The predicted molar refractivity (Wildman–Crippen MR) is 69.4 cm³/mol. The number of amides is 1. The van der Waals surface area contributed by atoms with Gasteiger partial charge in [0.1, 0.15) is 0 Å². The number of hydrazine groups is 1. The van der Waals surface area contributed by atoms with Crippen molar-refractivity contribution in [1.29, 1.82) is 0 Å². The Kier molecular flexibility index (Phi) is 4.57. The molecular formula is C12H16N6O. The quantitative estimate of drug-likeness (QED) is 0.341. The molecule has 0 aliphatic rings. The van der Waals surface area contributed by atoms with E-state index < -0.39 is 0 Å². The van der Waals surface area contributed by atoms with Crippen molar-refractivity contribution in [2.45, 2.75) is 25.8 Å². The SMILES string of the molecule is NNC(=O)CCCCn1nnc(-c2ccccc2)n1. The van der Waals surface area contributed by atoms with Crippen LogP contribution in [0.4, 0.5) is 0 Å². The highest BCUT2D eigenvalue weighted by molar-refractivity contribution is 5.75. The summed E-state index contributed by atoms with van der Waals surface area (Å²) in [5.41, 5.74) is 3.04. The van der Waals surface area contributed by atoms with Crippen LogP contribution in [0.25, 0.3) is 11.4 Å². The maximum absolute atomic E-state index is 10.9. The van der Waals surface area contributed by atoms with Crippen LogP contribution in [-0.4, -0.2) is 26.1 Å². The minimum absolute atomic E-state index is 0.156. The van der Waals surface area contributed by atoms with Crippen LogP contribution in [0.1, 0.15) is 19.3 Å². The average molecular weight is 260 g/mol.